The maximum atomic E-state index is 16.0. The molecular weight excluding hydrogens is 610 g/mol. The summed E-state index contributed by atoms with van der Waals surface area (Å²) in [4.78, 5) is 59.0. The first kappa shape index (κ1) is 31.3. The van der Waals surface area contributed by atoms with Crippen molar-refractivity contribution in [2.24, 2.45) is 7.05 Å². The van der Waals surface area contributed by atoms with Crippen LogP contribution in [0.4, 0.5) is 8.78 Å². The summed E-state index contributed by atoms with van der Waals surface area (Å²) in [6.07, 6.45) is 2.18. The van der Waals surface area contributed by atoms with Gasteiger partial charge in [-0.05, 0) is 79.9 Å². The average molecular weight is 641 g/mol. The highest BCUT2D eigenvalue weighted by molar-refractivity contribution is 5.86. The molecule has 0 aliphatic carbocycles. The Labute approximate surface area is 267 Å². The summed E-state index contributed by atoms with van der Waals surface area (Å²) in [5, 5.41) is 2.71. The minimum absolute atomic E-state index is 0.0307. The summed E-state index contributed by atoms with van der Waals surface area (Å²) >= 11 is 0. The number of nitrogens with one attached hydrogen (secondary N) is 1. The monoisotopic (exact) mass is 640 g/mol. The molecule has 10 nitrogen and oxygen atoms in total. The van der Waals surface area contributed by atoms with E-state index in [1.807, 2.05) is 13.0 Å². The molecule has 1 aliphatic heterocycles. The molecule has 1 amide bonds. The number of amides is 1. The number of fused-ring (bicyclic) bond motifs is 7. The smallest absolute Gasteiger partial charge is 0.332 e. The van der Waals surface area contributed by atoms with Crippen molar-refractivity contribution in [3.8, 4) is 22.6 Å². The molecule has 2 atom stereocenters. The van der Waals surface area contributed by atoms with Crippen LogP contribution in [-0.4, -0.2) is 32.6 Å². The second-order valence-electron chi connectivity index (χ2n) is 11.3. The lowest BCUT2D eigenvalue weighted by atomic mass is 9.92. The molecule has 0 unspecified atom stereocenters. The van der Waals surface area contributed by atoms with Gasteiger partial charge in [-0.2, -0.15) is 0 Å². The molecule has 6 rings (SSSR count). The standard InChI is InChI=1S/C35H30F2N4O6/c1-5-46-29(42)16-26-24-14-20(13-19(3)31(24)37)30-18(2)7-6-8-28(30)47-21-9-10-25(36)23(15-21)32(33(43)39-26)41-34(44)22-11-12-38-17-27(22)40(4)35(41)45/h6-15,17,26,32H,5,16H2,1-4H3,(H,39,43)/t26-,32-/m0/s1. The SMILES string of the molecule is CCOC(=O)C[C@@H]1NC(=O)[C@@H](n2c(=O)c3ccncc3n(C)c2=O)c2cc(ccc2F)Oc2cccc(C)c2-c2cc(C)c(F)c1c2. The maximum Gasteiger partial charge on any atom is 0.332 e. The summed E-state index contributed by atoms with van der Waals surface area (Å²) < 4.78 is 45.1. The van der Waals surface area contributed by atoms with Crippen molar-refractivity contribution in [1.82, 2.24) is 19.4 Å². The normalized spacial score (nSPS) is 15.8. The van der Waals surface area contributed by atoms with Crippen LogP contribution in [0.2, 0.25) is 0 Å². The van der Waals surface area contributed by atoms with Crippen molar-refractivity contribution in [1.29, 1.82) is 0 Å². The predicted octanol–water partition coefficient (Wildman–Crippen LogP) is 5.16. The second-order valence-corrected chi connectivity index (χ2v) is 11.3. The van der Waals surface area contributed by atoms with Gasteiger partial charge >= 0.3 is 11.7 Å². The molecule has 240 valence electrons. The fraction of sp³-hybridized carbons (Fsp3) is 0.229. The van der Waals surface area contributed by atoms with E-state index in [1.54, 1.807) is 32.0 Å². The third-order valence-corrected chi connectivity index (χ3v) is 8.27. The number of pyridine rings is 1. The highest BCUT2D eigenvalue weighted by Crippen LogP contribution is 2.40. The lowest BCUT2D eigenvalue weighted by Gasteiger charge is -2.25. The minimum Gasteiger partial charge on any atom is -0.466 e. The van der Waals surface area contributed by atoms with Gasteiger partial charge in [0.2, 0.25) is 5.91 Å². The Kier molecular flexibility index (Phi) is 8.18. The lowest BCUT2D eigenvalue weighted by molar-refractivity contribution is -0.143. The summed E-state index contributed by atoms with van der Waals surface area (Å²) in [5.74, 6) is -2.92. The van der Waals surface area contributed by atoms with Gasteiger partial charge in [0, 0.05) is 29.9 Å². The molecule has 1 N–H and O–H groups in total. The van der Waals surface area contributed by atoms with E-state index >= 15 is 8.78 Å². The van der Waals surface area contributed by atoms with E-state index in [2.05, 4.69) is 10.3 Å². The van der Waals surface area contributed by atoms with E-state index in [1.165, 1.54) is 43.7 Å². The average Bonchev–Trinajstić information content (AvgIpc) is 3.04. The zero-order valence-corrected chi connectivity index (χ0v) is 26.0. The summed E-state index contributed by atoms with van der Waals surface area (Å²) in [6.45, 7) is 5.04. The number of carbonyl (C=O) groups excluding carboxylic acids is 2. The van der Waals surface area contributed by atoms with Crippen LogP contribution in [0.15, 0.2) is 76.6 Å². The van der Waals surface area contributed by atoms with E-state index < -0.39 is 53.3 Å². The number of nitrogens with zero attached hydrogens (tertiary/aromatic N) is 3. The molecule has 0 fully saturated rings. The van der Waals surface area contributed by atoms with E-state index in [-0.39, 0.29) is 39.9 Å². The number of esters is 1. The number of aromatic nitrogens is 3. The van der Waals surface area contributed by atoms with E-state index in [0.29, 0.717) is 21.4 Å². The zero-order valence-electron chi connectivity index (χ0n) is 26.0. The first-order chi connectivity index (χ1) is 22.5. The third kappa shape index (κ3) is 5.56. The molecular formula is C35H30F2N4O6. The van der Waals surface area contributed by atoms with Gasteiger partial charge in [-0.25, -0.2) is 18.1 Å². The summed E-state index contributed by atoms with van der Waals surface area (Å²) in [6, 6.07) is 10.3. The second kappa shape index (κ2) is 12.3. The molecule has 0 saturated heterocycles. The Morgan fingerprint density at radius 2 is 1.81 bits per heavy atom. The van der Waals surface area contributed by atoms with E-state index in [4.69, 9.17) is 9.47 Å². The number of ether oxygens (including phenoxy) is 2. The molecule has 0 radical (unpaired) electrons. The first-order valence-corrected chi connectivity index (χ1v) is 14.9. The Morgan fingerprint density at radius 3 is 2.57 bits per heavy atom. The topological polar surface area (TPSA) is 122 Å². The van der Waals surface area contributed by atoms with E-state index in [9.17, 15) is 19.2 Å². The van der Waals surface area contributed by atoms with Crippen LogP contribution in [0.1, 0.15) is 47.7 Å². The molecule has 5 aromatic rings. The highest BCUT2D eigenvalue weighted by atomic mass is 19.1. The molecule has 47 heavy (non-hydrogen) atoms. The fourth-order valence-electron chi connectivity index (χ4n) is 6.03. The summed E-state index contributed by atoms with van der Waals surface area (Å²) in [5.41, 5.74) is 0.120. The van der Waals surface area contributed by atoms with Crippen LogP contribution >= 0.6 is 0 Å². The van der Waals surface area contributed by atoms with Crippen molar-refractivity contribution < 1.29 is 27.8 Å². The van der Waals surface area contributed by atoms with Crippen molar-refractivity contribution in [2.75, 3.05) is 6.61 Å². The summed E-state index contributed by atoms with van der Waals surface area (Å²) in [7, 11) is 1.39. The molecule has 1 aliphatic rings. The number of aryl methyl sites for hydroxylation is 3. The van der Waals surface area contributed by atoms with Gasteiger partial charge in [0.1, 0.15) is 29.2 Å². The van der Waals surface area contributed by atoms with Crippen LogP contribution in [0.25, 0.3) is 22.0 Å². The minimum atomic E-state index is -1.91. The van der Waals surface area contributed by atoms with Crippen LogP contribution < -0.4 is 21.3 Å². The quantitative estimate of drug-likeness (QED) is 0.269. The molecule has 0 saturated carbocycles. The number of benzene rings is 3. The molecule has 3 heterocycles. The molecule has 4 bridgehead atoms. The van der Waals surface area contributed by atoms with Crippen LogP contribution in [-0.2, 0) is 21.4 Å². The Bertz CT molecular complexity index is 2210. The van der Waals surface area contributed by atoms with Crippen molar-refractivity contribution in [3.63, 3.8) is 0 Å². The largest absolute Gasteiger partial charge is 0.466 e. The number of hydrogen-bond acceptors (Lipinski definition) is 7. The van der Waals surface area contributed by atoms with Crippen LogP contribution in [0.5, 0.6) is 11.5 Å². The zero-order chi connectivity index (χ0) is 33.6. The molecule has 3 aromatic carbocycles. The van der Waals surface area contributed by atoms with Crippen molar-refractivity contribution in [2.45, 2.75) is 39.3 Å². The molecule has 12 heteroatoms. The fourth-order valence-corrected chi connectivity index (χ4v) is 6.03. The van der Waals surface area contributed by atoms with E-state index in [0.717, 1.165) is 16.2 Å². The highest BCUT2D eigenvalue weighted by Gasteiger charge is 2.34. The number of halogens is 2. The lowest BCUT2D eigenvalue weighted by Crippen LogP contribution is -2.48. The van der Waals surface area contributed by atoms with Gasteiger partial charge in [0.15, 0.2) is 0 Å². The Balaban J connectivity index is 1.68. The van der Waals surface area contributed by atoms with Crippen molar-refractivity contribution >= 4 is 22.8 Å². The van der Waals surface area contributed by atoms with Gasteiger partial charge in [-0.3, -0.25) is 23.9 Å². The van der Waals surface area contributed by atoms with Gasteiger partial charge < -0.3 is 14.8 Å². The van der Waals surface area contributed by atoms with Gasteiger partial charge in [-0.1, -0.05) is 12.1 Å². The number of hydrogen-bond donors (Lipinski definition) is 1. The predicted molar refractivity (Wildman–Crippen MR) is 169 cm³/mol. The number of rotatable bonds is 4. The Hall–Kier alpha value is -5.65. The molecule has 0 spiro atoms. The third-order valence-electron chi connectivity index (χ3n) is 8.27. The van der Waals surface area contributed by atoms with Crippen LogP contribution in [0, 0.1) is 25.5 Å². The van der Waals surface area contributed by atoms with Gasteiger partial charge in [0.25, 0.3) is 5.56 Å². The van der Waals surface area contributed by atoms with Crippen molar-refractivity contribution in [3.05, 3.63) is 122 Å². The maximum absolute atomic E-state index is 16.0. The number of carbonyl (C=O) groups is 2. The van der Waals surface area contributed by atoms with Crippen LogP contribution in [0.3, 0.4) is 0 Å². The first-order valence-electron chi connectivity index (χ1n) is 14.9. The van der Waals surface area contributed by atoms with Gasteiger partial charge in [0.05, 0.1) is 36.2 Å². The molecule has 2 aromatic heterocycles. The Morgan fingerprint density at radius 1 is 1.02 bits per heavy atom. The van der Waals surface area contributed by atoms with Gasteiger partial charge in [-0.15, -0.1) is 0 Å².